The maximum Gasteiger partial charge on any atom is 0.254 e. The van der Waals surface area contributed by atoms with Crippen LogP contribution in [0.4, 0.5) is 28.4 Å². The van der Waals surface area contributed by atoms with Crippen LogP contribution in [0.5, 0.6) is 0 Å². The van der Waals surface area contributed by atoms with Crippen molar-refractivity contribution in [2.24, 2.45) is 0 Å². The molecule has 4 heteroatoms. The topological polar surface area (TPSA) is 6.48 Å². The third kappa shape index (κ3) is 6.06. The molecule has 0 bridgehead atoms. The van der Waals surface area contributed by atoms with E-state index >= 15 is 0 Å². The molecule has 2 unspecified atom stereocenters. The molecule has 3 aliphatic heterocycles. The van der Waals surface area contributed by atoms with Gasteiger partial charge in [-0.3, -0.25) is 0 Å². The fourth-order valence-corrected chi connectivity index (χ4v) is 14.2. The number of benzene rings is 7. The molecule has 7 aromatic carbocycles. The second-order valence-corrected chi connectivity index (χ2v) is 25.2. The zero-order chi connectivity index (χ0) is 46.7. The van der Waals surface area contributed by atoms with Crippen LogP contribution in [0.15, 0.2) is 127 Å². The lowest BCUT2D eigenvalue weighted by molar-refractivity contribution is 0.195. The molecular formula is C63H65BN2S. The second kappa shape index (κ2) is 14.2. The fourth-order valence-electron chi connectivity index (χ4n) is 12.9. The van der Waals surface area contributed by atoms with Gasteiger partial charge in [-0.1, -0.05) is 173 Å². The Morgan fingerprint density at radius 3 is 1.75 bits per heavy atom. The van der Waals surface area contributed by atoms with E-state index in [4.69, 9.17) is 0 Å². The highest BCUT2D eigenvalue weighted by Crippen LogP contribution is 2.63. The van der Waals surface area contributed by atoms with E-state index < -0.39 is 0 Å². The van der Waals surface area contributed by atoms with Crippen molar-refractivity contribution in [2.45, 2.75) is 136 Å². The van der Waals surface area contributed by atoms with Gasteiger partial charge >= 0.3 is 0 Å². The number of anilines is 5. The minimum absolute atomic E-state index is 0.0138. The lowest BCUT2D eigenvalue weighted by Gasteiger charge is -2.53. The average Bonchev–Trinajstić information content (AvgIpc) is 3.76. The van der Waals surface area contributed by atoms with Gasteiger partial charge in [0.15, 0.2) is 0 Å². The summed E-state index contributed by atoms with van der Waals surface area (Å²) in [6, 6.07) is 50.2. The zero-order valence-electron chi connectivity index (χ0n) is 41.8. The van der Waals surface area contributed by atoms with Gasteiger partial charge in [0.2, 0.25) is 0 Å². The number of hydrogen-bond donors (Lipinski definition) is 0. The molecule has 1 fully saturated rings. The van der Waals surface area contributed by atoms with Gasteiger partial charge in [0, 0.05) is 54.1 Å². The summed E-state index contributed by atoms with van der Waals surface area (Å²) in [4.78, 5) is 5.66. The van der Waals surface area contributed by atoms with Crippen LogP contribution in [-0.2, 0) is 21.7 Å². The van der Waals surface area contributed by atoms with Crippen molar-refractivity contribution in [1.82, 2.24) is 0 Å². The normalized spacial score (nSPS) is 19.7. The van der Waals surface area contributed by atoms with E-state index in [1.165, 1.54) is 135 Å². The van der Waals surface area contributed by atoms with Gasteiger partial charge in [0.1, 0.15) is 0 Å². The van der Waals surface area contributed by atoms with Gasteiger partial charge in [0.25, 0.3) is 6.71 Å². The van der Waals surface area contributed by atoms with E-state index in [9.17, 15) is 0 Å². The Bertz CT molecular complexity index is 3300. The summed E-state index contributed by atoms with van der Waals surface area (Å²) in [5.74, 6) is 0. The minimum Gasteiger partial charge on any atom is -0.335 e. The Morgan fingerprint density at radius 2 is 1.12 bits per heavy atom. The Morgan fingerprint density at radius 1 is 0.537 bits per heavy atom. The van der Waals surface area contributed by atoms with Crippen molar-refractivity contribution < 1.29 is 0 Å². The van der Waals surface area contributed by atoms with E-state index in [1.54, 1.807) is 5.56 Å². The predicted molar refractivity (Wildman–Crippen MR) is 293 cm³/mol. The van der Waals surface area contributed by atoms with E-state index in [1.807, 2.05) is 11.3 Å². The van der Waals surface area contributed by atoms with Gasteiger partial charge in [0.05, 0.1) is 11.2 Å². The maximum atomic E-state index is 2.91. The summed E-state index contributed by atoms with van der Waals surface area (Å²) in [6.45, 7) is 29.0. The van der Waals surface area contributed by atoms with E-state index in [0.717, 1.165) is 0 Å². The van der Waals surface area contributed by atoms with Gasteiger partial charge in [-0.05, 0) is 140 Å². The Hall–Kier alpha value is -5.58. The molecule has 336 valence electrons. The Labute approximate surface area is 404 Å². The summed E-state index contributed by atoms with van der Waals surface area (Å²) in [6.07, 6.45) is 4.91. The zero-order valence-corrected chi connectivity index (χ0v) is 42.6. The molecule has 12 rings (SSSR count). The molecule has 2 nitrogen and oxygen atoms in total. The molecule has 1 aliphatic carbocycles. The number of nitrogens with zero attached hydrogens (tertiary/aromatic N) is 2. The van der Waals surface area contributed by atoms with Crippen LogP contribution in [0.1, 0.15) is 130 Å². The maximum absolute atomic E-state index is 2.91. The van der Waals surface area contributed by atoms with Crippen molar-refractivity contribution in [3.8, 4) is 22.3 Å². The molecule has 4 aliphatic rings. The molecule has 2 atom stereocenters. The summed E-state index contributed by atoms with van der Waals surface area (Å²) >= 11 is 2.02. The highest BCUT2D eigenvalue weighted by molar-refractivity contribution is 7.28. The first-order chi connectivity index (χ1) is 31.8. The lowest BCUT2D eigenvalue weighted by atomic mass is 9.33. The van der Waals surface area contributed by atoms with E-state index in [-0.39, 0.29) is 33.9 Å². The van der Waals surface area contributed by atoms with Crippen molar-refractivity contribution in [3.63, 3.8) is 0 Å². The van der Waals surface area contributed by atoms with Crippen LogP contribution < -0.4 is 26.2 Å². The number of hydrogen-bond acceptors (Lipinski definition) is 3. The Balaban J connectivity index is 1.28. The van der Waals surface area contributed by atoms with Gasteiger partial charge < -0.3 is 9.80 Å². The van der Waals surface area contributed by atoms with Gasteiger partial charge in [-0.2, -0.15) is 0 Å². The molecule has 1 saturated carbocycles. The third-order valence-electron chi connectivity index (χ3n) is 16.9. The van der Waals surface area contributed by atoms with Crippen LogP contribution in [0.25, 0.3) is 42.4 Å². The first-order valence-electron chi connectivity index (χ1n) is 25.0. The smallest absolute Gasteiger partial charge is 0.254 e. The standard InChI is InChI=1S/C63H65BN2S/c1-38-31-51-54-52(32-38)66-57-48(62(11)29-19-20-30-63(62,66)12)35-43(61(8,9)10)36-49(57)64(54)55-50(28-27-45-44-26-25-41(59(2,3)4)37-53(44)67-58(45)55)65(51)56-46(39-21-15-13-16-22-39)33-42(60(5,6)7)34-47(56)40-23-17-14-18-24-40/h13-18,21-28,31-37H,19-20,29-30H2,1-12H3. The fraction of sp³-hybridized carbons (Fsp3) is 0.333. The largest absolute Gasteiger partial charge is 0.335 e. The average molecular weight is 893 g/mol. The SMILES string of the molecule is Cc1cc2c3c(c1)N1c4c(cc(C(C)(C)C)cc4C4(C)CCCCC14C)B3c1c(ccc3c1sc1cc(C(C)(C)C)ccc13)N2c1c(-c2ccccc2)cc(C(C)(C)C)cc1-c1ccccc1. The molecule has 0 saturated heterocycles. The van der Waals surface area contributed by atoms with E-state index in [0.29, 0.717) is 0 Å². The predicted octanol–water partition coefficient (Wildman–Crippen LogP) is 15.9. The Kier molecular flexibility index (Phi) is 9.09. The molecule has 0 radical (unpaired) electrons. The van der Waals surface area contributed by atoms with E-state index in [2.05, 4.69) is 220 Å². The highest BCUT2D eigenvalue weighted by atomic mass is 32.1. The summed E-state index contributed by atoms with van der Waals surface area (Å²) < 4.78 is 2.79. The van der Waals surface area contributed by atoms with Crippen molar-refractivity contribution in [2.75, 3.05) is 9.80 Å². The van der Waals surface area contributed by atoms with Gasteiger partial charge in [-0.15, -0.1) is 11.3 Å². The first-order valence-corrected chi connectivity index (χ1v) is 25.8. The van der Waals surface area contributed by atoms with Crippen LogP contribution in [0.2, 0.25) is 0 Å². The number of rotatable bonds is 3. The minimum atomic E-state index is -0.0713. The summed E-state index contributed by atoms with van der Waals surface area (Å²) in [5.41, 5.74) is 23.1. The number of aryl methyl sites for hydroxylation is 1. The molecule has 0 spiro atoms. The molecule has 67 heavy (non-hydrogen) atoms. The number of fused-ring (bicyclic) bond motifs is 11. The van der Waals surface area contributed by atoms with Crippen molar-refractivity contribution >= 4 is 83.0 Å². The van der Waals surface area contributed by atoms with Crippen LogP contribution in [0.3, 0.4) is 0 Å². The van der Waals surface area contributed by atoms with Crippen molar-refractivity contribution in [3.05, 3.63) is 155 Å². The quantitative estimate of drug-likeness (QED) is 0.163. The van der Waals surface area contributed by atoms with Crippen LogP contribution in [-0.4, -0.2) is 12.3 Å². The third-order valence-corrected chi connectivity index (χ3v) is 18.1. The molecule has 1 aromatic heterocycles. The van der Waals surface area contributed by atoms with Gasteiger partial charge in [-0.25, -0.2) is 0 Å². The summed E-state index contributed by atoms with van der Waals surface area (Å²) in [5, 5.41) is 2.73. The van der Waals surface area contributed by atoms with Crippen LogP contribution in [0, 0.1) is 6.92 Å². The number of thiophene rings is 1. The molecular weight excluding hydrogens is 828 g/mol. The lowest BCUT2D eigenvalue weighted by Crippen LogP contribution is -2.64. The highest BCUT2D eigenvalue weighted by Gasteiger charge is 2.62. The van der Waals surface area contributed by atoms with Crippen LogP contribution >= 0.6 is 11.3 Å². The molecule has 8 aromatic rings. The molecule has 0 amide bonds. The first kappa shape index (κ1) is 42.8. The summed E-state index contributed by atoms with van der Waals surface area (Å²) in [7, 11) is 0. The monoisotopic (exact) mass is 892 g/mol. The molecule has 4 heterocycles. The second-order valence-electron chi connectivity index (χ2n) is 24.2. The van der Waals surface area contributed by atoms with Crippen molar-refractivity contribution in [1.29, 1.82) is 0 Å². The molecule has 0 N–H and O–H groups in total.